The highest BCUT2D eigenvalue weighted by Gasteiger charge is 2.19. The van der Waals surface area contributed by atoms with Crippen molar-refractivity contribution < 1.29 is 24.2 Å². The van der Waals surface area contributed by atoms with Gasteiger partial charge in [0.1, 0.15) is 12.4 Å². The van der Waals surface area contributed by atoms with E-state index in [1.165, 1.54) is 5.56 Å². The van der Waals surface area contributed by atoms with Gasteiger partial charge in [0.2, 0.25) is 0 Å². The van der Waals surface area contributed by atoms with Crippen molar-refractivity contribution in [2.75, 3.05) is 31.6 Å². The zero-order valence-corrected chi connectivity index (χ0v) is 22.5. The highest BCUT2D eigenvalue weighted by Crippen LogP contribution is 2.21. The number of nitrogens with zero attached hydrogens (tertiary/aromatic N) is 1. The highest BCUT2D eigenvalue weighted by atomic mass is 16.5. The summed E-state index contributed by atoms with van der Waals surface area (Å²) in [6, 6.07) is 15.1. The van der Waals surface area contributed by atoms with Crippen LogP contribution in [0.2, 0.25) is 0 Å². The summed E-state index contributed by atoms with van der Waals surface area (Å²) in [5, 5.41) is 12.3. The van der Waals surface area contributed by atoms with Gasteiger partial charge in [0.15, 0.2) is 6.10 Å². The lowest BCUT2D eigenvalue weighted by Crippen LogP contribution is -2.39. The molecule has 198 valence electrons. The minimum absolute atomic E-state index is 0.101. The topological polar surface area (TPSA) is 88.1 Å². The predicted molar refractivity (Wildman–Crippen MR) is 144 cm³/mol. The number of carbonyl (C=O) groups is 2. The molecular formula is C29H42N2O5. The zero-order chi connectivity index (χ0) is 26.7. The highest BCUT2D eigenvalue weighted by molar-refractivity contribution is 5.89. The SMILES string of the molecule is CCOC(Cc1ccc(OCCN(CCC(C)(C)C)C(=O)Nc2ccc(C(C)C)cc2)cc1)C(=O)O. The fourth-order valence-electron chi connectivity index (χ4n) is 3.57. The van der Waals surface area contributed by atoms with Gasteiger partial charge >= 0.3 is 12.0 Å². The molecule has 2 amide bonds. The van der Waals surface area contributed by atoms with Crippen molar-refractivity contribution in [1.82, 2.24) is 4.90 Å². The Hall–Kier alpha value is -3.06. The van der Waals surface area contributed by atoms with Crippen LogP contribution in [0.3, 0.4) is 0 Å². The number of carboxylic acid groups (broad SMARTS) is 1. The summed E-state index contributed by atoms with van der Waals surface area (Å²) >= 11 is 0. The van der Waals surface area contributed by atoms with Gasteiger partial charge in [0, 0.05) is 25.3 Å². The Bertz CT molecular complexity index is 949. The Labute approximate surface area is 215 Å². The lowest BCUT2D eigenvalue weighted by Gasteiger charge is -2.27. The molecule has 0 radical (unpaired) electrons. The van der Waals surface area contributed by atoms with Crippen molar-refractivity contribution in [3.63, 3.8) is 0 Å². The molecule has 36 heavy (non-hydrogen) atoms. The van der Waals surface area contributed by atoms with Crippen LogP contribution in [0.4, 0.5) is 10.5 Å². The van der Waals surface area contributed by atoms with Gasteiger partial charge in [0.25, 0.3) is 0 Å². The first-order chi connectivity index (χ1) is 17.0. The van der Waals surface area contributed by atoms with Crippen LogP contribution in [0.1, 0.15) is 65.0 Å². The van der Waals surface area contributed by atoms with Gasteiger partial charge in [-0.1, -0.05) is 58.9 Å². The minimum atomic E-state index is -0.971. The molecule has 0 aliphatic carbocycles. The van der Waals surface area contributed by atoms with Gasteiger partial charge in [-0.05, 0) is 60.1 Å². The molecule has 0 spiro atoms. The number of rotatable bonds is 13. The maximum absolute atomic E-state index is 13.0. The first-order valence-electron chi connectivity index (χ1n) is 12.7. The number of aliphatic carboxylic acids is 1. The van der Waals surface area contributed by atoms with E-state index in [1.807, 2.05) is 48.5 Å². The molecule has 2 aromatic carbocycles. The van der Waals surface area contributed by atoms with E-state index in [0.29, 0.717) is 44.4 Å². The second-order valence-corrected chi connectivity index (χ2v) is 10.5. The number of urea groups is 1. The Morgan fingerprint density at radius 3 is 2.17 bits per heavy atom. The minimum Gasteiger partial charge on any atom is -0.492 e. The molecule has 1 unspecified atom stereocenters. The molecular weight excluding hydrogens is 456 g/mol. The van der Waals surface area contributed by atoms with E-state index >= 15 is 0 Å². The van der Waals surface area contributed by atoms with Crippen LogP contribution in [0.15, 0.2) is 48.5 Å². The molecule has 2 aromatic rings. The molecule has 0 saturated carbocycles. The number of hydrogen-bond donors (Lipinski definition) is 2. The van der Waals surface area contributed by atoms with Crippen molar-refractivity contribution >= 4 is 17.7 Å². The molecule has 2 rings (SSSR count). The lowest BCUT2D eigenvalue weighted by molar-refractivity contribution is -0.149. The quantitative estimate of drug-likeness (QED) is 0.344. The van der Waals surface area contributed by atoms with Crippen molar-refractivity contribution in [3.05, 3.63) is 59.7 Å². The van der Waals surface area contributed by atoms with Crippen molar-refractivity contribution in [3.8, 4) is 5.75 Å². The second kappa shape index (κ2) is 13.9. The summed E-state index contributed by atoms with van der Waals surface area (Å²) in [5.74, 6) is 0.136. The molecule has 0 aromatic heterocycles. The molecule has 0 aliphatic heterocycles. The monoisotopic (exact) mass is 498 g/mol. The fraction of sp³-hybridized carbons (Fsp3) is 0.517. The Morgan fingerprint density at radius 1 is 1.00 bits per heavy atom. The molecule has 0 fully saturated rings. The molecule has 0 bridgehead atoms. The van der Waals surface area contributed by atoms with E-state index in [1.54, 1.807) is 11.8 Å². The molecule has 7 nitrogen and oxygen atoms in total. The third kappa shape index (κ3) is 10.3. The van der Waals surface area contributed by atoms with Crippen LogP contribution in [-0.2, 0) is 16.0 Å². The standard InChI is InChI=1S/C29H42N2O5/c1-7-35-26(27(32)33)20-22-8-14-25(15-9-22)36-19-18-31(17-16-29(4,5)6)28(34)30-24-12-10-23(11-13-24)21(2)3/h8-15,21,26H,7,16-20H2,1-6H3,(H,30,34)(H,32,33). The normalized spacial score (nSPS) is 12.3. The number of nitrogens with one attached hydrogen (secondary N) is 1. The first kappa shape index (κ1) is 29.2. The maximum atomic E-state index is 13.0. The molecule has 7 heteroatoms. The van der Waals surface area contributed by atoms with Crippen LogP contribution in [-0.4, -0.2) is 54.4 Å². The van der Waals surface area contributed by atoms with Crippen LogP contribution in [0.25, 0.3) is 0 Å². The number of carboxylic acids is 1. The lowest BCUT2D eigenvalue weighted by atomic mass is 9.92. The third-order valence-electron chi connectivity index (χ3n) is 5.87. The van der Waals surface area contributed by atoms with E-state index in [4.69, 9.17) is 9.47 Å². The predicted octanol–water partition coefficient (Wildman–Crippen LogP) is 6.19. The number of ether oxygens (including phenoxy) is 2. The van der Waals surface area contributed by atoms with Crippen molar-refractivity contribution in [1.29, 1.82) is 0 Å². The van der Waals surface area contributed by atoms with Crippen LogP contribution < -0.4 is 10.1 Å². The summed E-state index contributed by atoms with van der Waals surface area (Å²) in [6.45, 7) is 14.3. The summed E-state index contributed by atoms with van der Waals surface area (Å²) in [7, 11) is 0. The fourth-order valence-corrected chi connectivity index (χ4v) is 3.57. The van der Waals surface area contributed by atoms with Crippen LogP contribution >= 0.6 is 0 Å². The first-order valence-corrected chi connectivity index (χ1v) is 12.7. The zero-order valence-electron chi connectivity index (χ0n) is 22.5. The maximum Gasteiger partial charge on any atom is 0.333 e. The second-order valence-electron chi connectivity index (χ2n) is 10.5. The third-order valence-corrected chi connectivity index (χ3v) is 5.87. The van der Waals surface area contributed by atoms with E-state index in [9.17, 15) is 14.7 Å². The van der Waals surface area contributed by atoms with Gasteiger partial charge in [-0.3, -0.25) is 0 Å². The van der Waals surface area contributed by atoms with E-state index in [0.717, 1.165) is 17.7 Å². The summed E-state index contributed by atoms with van der Waals surface area (Å²) in [6.07, 6.45) is 0.298. The van der Waals surface area contributed by atoms with Gasteiger partial charge in [-0.15, -0.1) is 0 Å². The van der Waals surface area contributed by atoms with Gasteiger partial charge in [-0.2, -0.15) is 0 Å². The molecule has 0 heterocycles. The van der Waals surface area contributed by atoms with Gasteiger partial charge in [0.05, 0.1) is 6.54 Å². The Kier molecular flexibility index (Phi) is 11.2. The van der Waals surface area contributed by atoms with Crippen LogP contribution in [0.5, 0.6) is 5.75 Å². The number of amides is 2. The largest absolute Gasteiger partial charge is 0.492 e. The van der Waals surface area contributed by atoms with E-state index in [-0.39, 0.29) is 11.4 Å². The molecule has 2 N–H and O–H groups in total. The Morgan fingerprint density at radius 2 is 1.64 bits per heavy atom. The van der Waals surface area contributed by atoms with Crippen LogP contribution in [0, 0.1) is 5.41 Å². The molecule has 0 saturated heterocycles. The van der Waals surface area contributed by atoms with E-state index < -0.39 is 12.1 Å². The average Bonchev–Trinajstić information content (AvgIpc) is 2.81. The van der Waals surface area contributed by atoms with Gasteiger partial charge < -0.3 is 24.8 Å². The number of benzene rings is 2. The molecule has 0 aliphatic rings. The summed E-state index contributed by atoms with van der Waals surface area (Å²) in [5.41, 5.74) is 2.96. The van der Waals surface area contributed by atoms with E-state index in [2.05, 4.69) is 39.9 Å². The Balaban J connectivity index is 1.95. The smallest absolute Gasteiger partial charge is 0.333 e. The summed E-state index contributed by atoms with van der Waals surface area (Å²) < 4.78 is 11.2. The number of hydrogen-bond acceptors (Lipinski definition) is 4. The van der Waals surface area contributed by atoms with Crippen molar-refractivity contribution in [2.45, 2.75) is 66.4 Å². The average molecular weight is 499 g/mol. The molecule has 1 atom stereocenters. The van der Waals surface area contributed by atoms with Crippen molar-refractivity contribution in [2.24, 2.45) is 5.41 Å². The van der Waals surface area contributed by atoms with Gasteiger partial charge in [-0.25, -0.2) is 9.59 Å². The number of anilines is 1. The number of carbonyl (C=O) groups excluding carboxylic acids is 1. The summed E-state index contributed by atoms with van der Waals surface area (Å²) in [4.78, 5) is 26.1.